The summed E-state index contributed by atoms with van der Waals surface area (Å²) >= 11 is 0. The first kappa shape index (κ1) is 15.4. The molecule has 0 spiro atoms. The van der Waals surface area contributed by atoms with Gasteiger partial charge < -0.3 is 4.74 Å². The summed E-state index contributed by atoms with van der Waals surface area (Å²) in [5, 5.41) is 0. The van der Waals surface area contributed by atoms with E-state index in [-0.39, 0.29) is 5.60 Å². The Labute approximate surface area is 128 Å². The Kier molecular flexibility index (Phi) is 4.85. The molecular weight excluding hydrogens is 256 g/mol. The van der Waals surface area contributed by atoms with E-state index in [1.165, 1.54) is 16.7 Å². The SMILES string of the molecule is CC/C(=C/c1ccc(OC(C)(C)C)cc1)c1ccccc1. The van der Waals surface area contributed by atoms with Crippen LogP contribution in [-0.4, -0.2) is 5.60 Å². The first-order valence-electron chi connectivity index (χ1n) is 7.53. The fraction of sp³-hybridized carbons (Fsp3) is 0.300. The molecule has 2 aromatic carbocycles. The lowest BCUT2D eigenvalue weighted by Crippen LogP contribution is -2.22. The van der Waals surface area contributed by atoms with E-state index in [2.05, 4.69) is 76.2 Å². The van der Waals surface area contributed by atoms with Crippen molar-refractivity contribution in [3.63, 3.8) is 0 Å². The van der Waals surface area contributed by atoms with Crippen LogP contribution in [0.25, 0.3) is 11.6 Å². The molecule has 0 N–H and O–H groups in total. The topological polar surface area (TPSA) is 9.23 Å². The molecule has 0 radical (unpaired) electrons. The summed E-state index contributed by atoms with van der Waals surface area (Å²) in [6, 6.07) is 18.8. The molecule has 0 aliphatic rings. The van der Waals surface area contributed by atoms with E-state index in [1.807, 2.05) is 12.1 Å². The van der Waals surface area contributed by atoms with E-state index in [0.29, 0.717) is 0 Å². The van der Waals surface area contributed by atoms with Crippen LogP contribution in [0.3, 0.4) is 0 Å². The van der Waals surface area contributed by atoms with Crippen LogP contribution in [-0.2, 0) is 0 Å². The summed E-state index contributed by atoms with van der Waals surface area (Å²) < 4.78 is 5.85. The summed E-state index contributed by atoms with van der Waals surface area (Å²) in [5.74, 6) is 0.914. The summed E-state index contributed by atoms with van der Waals surface area (Å²) in [5.41, 5.74) is 3.68. The van der Waals surface area contributed by atoms with Crippen molar-refractivity contribution in [1.82, 2.24) is 0 Å². The lowest BCUT2D eigenvalue weighted by atomic mass is 10.0. The normalized spacial score (nSPS) is 12.3. The average Bonchev–Trinajstić information content (AvgIpc) is 2.46. The molecule has 0 saturated carbocycles. The molecule has 1 heteroatoms. The highest BCUT2D eigenvalue weighted by Gasteiger charge is 2.11. The van der Waals surface area contributed by atoms with Gasteiger partial charge in [-0.05, 0) is 56.0 Å². The van der Waals surface area contributed by atoms with E-state index in [9.17, 15) is 0 Å². The van der Waals surface area contributed by atoms with Gasteiger partial charge in [0.2, 0.25) is 0 Å². The van der Waals surface area contributed by atoms with Crippen LogP contribution in [0.1, 0.15) is 45.2 Å². The van der Waals surface area contributed by atoms with Gasteiger partial charge in [0.15, 0.2) is 0 Å². The zero-order valence-electron chi connectivity index (χ0n) is 13.4. The number of allylic oxidation sites excluding steroid dienone is 1. The Balaban J connectivity index is 2.20. The fourth-order valence-corrected chi connectivity index (χ4v) is 2.23. The molecule has 0 amide bonds. The predicted octanol–water partition coefficient (Wildman–Crippen LogP) is 5.81. The summed E-state index contributed by atoms with van der Waals surface area (Å²) in [7, 11) is 0. The van der Waals surface area contributed by atoms with E-state index < -0.39 is 0 Å². The standard InChI is InChI=1S/C20H24O/c1-5-17(18-9-7-6-8-10-18)15-16-11-13-19(14-12-16)21-20(2,3)4/h6-15H,5H2,1-4H3/b17-15-. The van der Waals surface area contributed by atoms with Gasteiger partial charge in [-0.2, -0.15) is 0 Å². The second kappa shape index (κ2) is 6.62. The second-order valence-electron chi connectivity index (χ2n) is 6.17. The number of hydrogen-bond donors (Lipinski definition) is 0. The molecule has 0 fully saturated rings. The van der Waals surface area contributed by atoms with Gasteiger partial charge in [0.05, 0.1) is 0 Å². The van der Waals surface area contributed by atoms with E-state index in [1.54, 1.807) is 0 Å². The Hall–Kier alpha value is -2.02. The molecule has 0 unspecified atom stereocenters. The van der Waals surface area contributed by atoms with Gasteiger partial charge in [-0.15, -0.1) is 0 Å². The largest absolute Gasteiger partial charge is 0.488 e. The van der Waals surface area contributed by atoms with Crippen molar-refractivity contribution in [2.24, 2.45) is 0 Å². The van der Waals surface area contributed by atoms with Crippen LogP contribution in [0.4, 0.5) is 0 Å². The van der Waals surface area contributed by atoms with Crippen LogP contribution >= 0.6 is 0 Å². The maximum atomic E-state index is 5.85. The zero-order valence-corrected chi connectivity index (χ0v) is 13.4. The average molecular weight is 280 g/mol. The smallest absolute Gasteiger partial charge is 0.120 e. The van der Waals surface area contributed by atoms with Gasteiger partial charge in [-0.25, -0.2) is 0 Å². The van der Waals surface area contributed by atoms with Crippen LogP contribution in [0.15, 0.2) is 54.6 Å². The highest BCUT2D eigenvalue weighted by atomic mass is 16.5. The first-order valence-corrected chi connectivity index (χ1v) is 7.53. The Morgan fingerprint density at radius 2 is 1.57 bits per heavy atom. The highest BCUT2D eigenvalue weighted by molar-refractivity contribution is 5.81. The predicted molar refractivity (Wildman–Crippen MR) is 91.4 cm³/mol. The van der Waals surface area contributed by atoms with Crippen molar-refractivity contribution >= 4 is 11.6 Å². The molecule has 21 heavy (non-hydrogen) atoms. The number of benzene rings is 2. The van der Waals surface area contributed by atoms with E-state index in [0.717, 1.165) is 12.2 Å². The van der Waals surface area contributed by atoms with E-state index >= 15 is 0 Å². The molecule has 0 aliphatic carbocycles. The second-order valence-corrected chi connectivity index (χ2v) is 6.17. The van der Waals surface area contributed by atoms with Crippen molar-refractivity contribution in [1.29, 1.82) is 0 Å². The molecule has 0 aliphatic heterocycles. The third-order valence-corrected chi connectivity index (χ3v) is 3.17. The van der Waals surface area contributed by atoms with Crippen molar-refractivity contribution in [3.8, 4) is 5.75 Å². The van der Waals surface area contributed by atoms with Crippen molar-refractivity contribution in [3.05, 3.63) is 65.7 Å². The third-order valence-electron chi connectivity index (χ3n) is 3.17. The monoisotopic (exact) mass is 280 g/mol. The fourth-order valence-electron chi connectivity index (χ4n) is 2.23. The van der Waals surface area contributed by atoms with Gasteiger partial charge in [0, 0.05) is 0 Å². The molecule has 0 bridgehead atoms. The number of rotatable bonds is 4. The van der Waals surface area contributed by atoms with Crippen LogP contribution < -0.4 is 4.74 Å². The minimum absolute atomic E-state index is 0.157. The lowest BCUT2D eigenvalue weighted by molar-refractivity contribution is 0.131. The van der Waals surface area contributed by atoms with Gasteiger partial charge in [0.1, 0.15) is 11.4 Å². The summed E-state index contributed by atoms with van der Waals surface area (Å²) in [4.78, 5) is 0. The minimum Gasteiger partial charge on any atom is -0.488 e. The van der Waals surface area contributed by atoms with Crippen LogP contribution in [0.5, 0.6) is 5.75 Å². The van der Waals surface area contributed by atoms with Gasteiger partial charge in [0.25, 0.3) is 0 Å². The van der Waals surface area contributed by atoms with Gasteiger partial charge >= 0.3 is 0 Å². The molecule has 2 aromatic rings. The molecule has 0 aromatic heterocycles. The van der Waals surface area contributed by atoms with Crippen molar-refractivity contribution < 1.29 is 4.74 Å². The molecule has 0 saturated heterocycles. The molecule has 0 atom stereocenters. The Morgan fingerprint density at radius 1 is 0.952 bits per heavy atom. The Morgan fingerprint density at radius 3 is 2.10 bits per heavy atom. The third kappa shape index (κ3) is 4.78. The molecule has 0 heterocycles. The lowest BCUT2D eigenvalue weighted by Gasteiger charge is -2.21. The van der Waals surface area contributed by atoms with Crippen LogP contribution in [0.2, 0.25) is 0 Å². The molecule has 110 valence electrons. The quantitative estimate of drug-likeness (QED) is 0.642. The highest BCUT2D eigenvalue weighted by Crippen LogP contribution is 2.23. The number of hydrogen-bond acceptors (Lipinski definition) is 1. The molecular formula is C20H24O. The molecule has 2 rings (SSSR count). The van der Waals surface area contributed by atoms with Gasteiger partial charge in [-0.1, -0.05) is 55.5 Å². The Bertz CT molecular complexity index is 586. The first-order chi connectivity index (χ1) is 9.98. The van der Waals surface area contributed by atoms with Gasteiger partial charge in [-0.3, -0.25) is 0 Å². The van der Waals surface area contributed by atoms with E-state index in [4.69, 9.17) is 4.74 Å². The minimum atomic E-state index is -0.157. The zero-order chi connectivity index (χ0) is 15.3. The number of ether oxygens (including phenoxy) is 1. The summed E-state index contributed by atoms with van der Waals surface area (Å²) in [6.45, 7) is 8.37. The maximum absolute atomic E-state index is 5.85. The van der Waals surface area contributed by atoms with Crippen LogP contribution in [0, 0.1) is 0 Å². The molecule has 1 nitrogen and oxygen atoms in total. The van der Waals surface area contributed by atoms with Crippen molar-refractivity contribution in [2.75, 3.05) is 0 Å². The summed E-state index contributed by atoms with van der Waals surface area (Å²) in [6.07, 6.45) is 3.26. The maximum Gasteiger partial charge on any atom is 0.120 e. The van der Waals surface area contributed by atoms with Crippen molar-refractivity contribution in [2.45, 2.75) is 39.7 Å².